The molecule has 2 heterocycles. The van der Waals surface area contributed by atoms with Gasteiger partial charge >= 0.3 is 0 Å². The lowest BCUT2D eigenvalue weighted by Crippen LogP contribution is -2.38. The molecule has 1 amide bonds. The molecule has 166 valence electrons. The topological polar surface area (TPSA) is 47.4 Å². The number of ether oxygens (including phenoxy) is 1. The second-order valence-corrected chi connectivity index (χ2v) is 7.97. The number of likely N-dealkylation sites (tertiary alicyclic amines) is 1. The Morgan fingerprint density at radius 2 is 1.97 bits per heavy atom. The van der Waals surface area contributed by atoms with E-state index in [9.17, 15) is 13.6 Å². The minimum atomic E-state index is -0.908. The van der Waals surface area contributed by atoms with Gasteiger partial charge in [-0.05, 0) is 68.2 Å². The Kier molecular flexibility index (Phi) is 6.08. The number of aryl methyl sites for hydroxylation is 1. The van der Waals surface area contributed by atoms with Crippen molar-refractivity contribution in [2.24, 2.45) is 0 Å². The number of benzene rings is 2. The average molecular weight is 437 g/mol. The van der Waals surface area contributed by atoms with E-state index in [2.05, 4.69) is 4.98 Å². The Bertz CT molecular complexity index is 1190. The van der Waals surface area contributed by atoms with E-state index in [4.69, 9.17) is 4.74 Å². The molecular formula is C25H25F2N3O2. The normalized spacial score (nSPS) is 16.5. The van der Waals surface area contributed by atoms with Crippen molar-refractivity contribution in [3.05, 3.63) is 83.0 Å². The molecule has 5 nitrogen and oxygen atoms in total. The van der Waals surface area contributed by atoms with Gasteiger partial charge in [-0.15, -0.1) is 0 Å². The maximum absolute atomic E-state index is 13.7. The van der Waals surface area contributed by atoms with Crippen LogP contribution < -0.4 is 4.74 Å². The number of carbonyl (C=O) groups excluding carboxylic acids is 1. The van der Waals surface area contributed by atoms with Crippen molar-refractivity contribution in [1.29, 1.82) is 0 Å². The molecule has 1 aliphatic heterocycles. The fourth-order valence-electron chi connectivity index (χ4n) is 4.04. The third-order valence-electron chi connectivity index (χ3n) is 5.81. The van der Waals surface area contributed by atoms with Crippen molar-refractivity contribution < 1.29 is 18.3 Å². The van der Waals surface area contributed by atoms with Gasteiger partial charge in [-0.2, -0.15) is 0 Å². The van der Waals surface area contributed by atoms with E-state index >= 15 is 0 Å². The number of carbonyl (C=O) groups is 1. The Morgan fingerprint density at radius 1 is 1.16 bits per heavy atom. The second-order valence-electron chi connectivity index (χ2n) is 7.97. The third kappa shape index (κ3) is 4.28. The summed E-state index contributed by atoms with van der Waals surface area (Å²) in [5.41, 5.74) is 3.87. The molecule has 3 aromatic rings. The van der Waals surface area contributed by atoms with Crippen molar-refractivity contribution in [3.8, 4) is 11.4 Å². The van der Waals surface area contributed by atoms with Crippen LogP contribution in [0, 0.1) is 18.6 Å². The number of rotatable bonds is 5. The maximum atomic E-state index is 13.7. The first kappa shape index (κ1) is 21.7. The first-order valence-corrected chi connectivity index (χ1v) is 10.5. The van der Waals surface area contributed by atoms with Crippen LogP contribution in [0.25, 0.3) is 11.8 Å². The molecule has 1 aromatic heterocycles. The zero-order valence-corrected chi connectivity index (χ0v) is 18.3. The minimum Gasteiger partial charge on any atom is -0.495 e. The Labute approximate surface area is 186 Å². The highest BCUT2D eigenvalue weighted by atomic mass is 19.2. The molecule has 0 spiro atoms. The highest BCUT2D eigenvalue weighted by Crippen LogP contribution is 2.31. The van der Waals surface area contributed by atoms with Crippen molar-refractivity contribution in [2.75, 3.05) is 13.7 Å². The zero-order valence-electron chi connectivity index (χ0n) is 18.3. The van der Waals surface area contributed by atoms with Gasteiger partial charge in [0.1, 0.15) is 5.75 Å². The summed E-state index contributed by atoms with van der Waals surface area (Å²) < 4.78 is 34.4. The van der Waals surface area contributed by atoms with Crippen LogP contribution in [-0.2, 0) is 4.79 Å². The number of hydrogen-bond acceptors (Lipinski definition) is 3. The van der Waals surface area contributed by atoms with Crippen LogP contribution in [0.2, 0.25) is 0 Å². The number of halogens is 2. The quantitative estimate of drug-likeness (QED) is 0.513. The summed E-state index contributed by atoms with van der Waals surface area (Å²) in [7, 11) is 1.61. The molecule has 7 heteroatoms. The van der Waals surface area contributed by atoms with Gasteiger partial charge in [0.15, 0.2) is 11.6 Å². The van der Waals surface area contributed by atoms with E-state index in [-0.39, 0.29) is 11.9 Å². The van der Waals surface area contributed by atoms with Crippen LogP contribution in [-0.4, -0.2) is 34.0 Å². The van der Waals surface area contributed by atoms with Gasteiger partial charge in [0.2, 0.25) is 5.91 Å². The number of amides is 1. The van der Waals surface area contributed by atoms with Crippen LogP contribution in [0.15, 0.2) is 54.5 Å². The molecule has 1 atom stereocenters. The first-order valence-electron chi connectivity index (χ1n) is 10.5. The van der Waals surface area contributed by atoms with Gasteiger partial charge in [0.25, 0.3) is 0 Å². The van der Waals surface area contributed by atoms with Crippen LogP contribution >= 0.6 is 0 Å². The molecule has 0 aliphatic carbocycles. The van der Waals surface area contributed by atoms with Crippen molar-refractivity contribution in [2.45, 2.75) is 32.7 Å². The van der Waals surface area contributed by atoms with Gasteiger partial charge in [0.05, 0.1) is 30.9 Å². The van der Waals surface area contributed by atoms with Crippen molar-refractivity contribution in [3.63, 3.8) is 0 Å². The van der Waals surface area contributed by atoms with Crippen LogP contribution in [0.5, 0.6) is 5.75 Å². The molecule has 1 fully saturated rings. The average Bonchev–Trinajstić information content (AvgIpc) is 3.22. The zero-order chi connectivity index (χ0) is 22.8. The molecule has 4 rings (SSSR count). The van der Waals surface area contributed by atoms with Gasteiger partial charge in [-0.25, -0.2) is 13.8 Å². The number of nitrogens with zero attached hydrogens (tertiary/aromatic N) is 3. The Hall–Kier alpha value is -3.48. The number of piperidine rings is 1. The van der Waals surface area contributed by atoms with Gasteiger partial charge in [-0.3, -0.25) is 4.79 Å². The molecule has 0 N–H and O–H groups in total. The van der Waals surface area contributed by atoms with Crippen molar-refractivity contribution in [1.82, 2.24) is 14.5 Å². The molecule has 0 saturated carbocycles. The minimum absolute atomic E-state index is 0.0956. The number of hydrogen-bond donors (Lipinski definition) is 0. The van der Waals surface area contributed by atoms with Gasteiger partial charge in [0, 0.05) is 18.3 Å². The van der Waals surface area contributed by atoms with E-state index in [0.29, 0.717) is 29.9 Å². The Morgan fingerprint density at radius 3 is 2.66 bits per heavy atom. The fraction of sp³-hybridized carbons (Fsp3) is 0.280. The van der Waals surface area contributed by atoms with Gasteiger partial charge in [-0.1, -0.05) is 12.1 Å². The maximum Gasteiger partial charge on any atom is 0.250 e. The SMILES string of the molecule is COc1cc(C=C2CCCN(C(C)c3ccc(F)c(F)c3)C2=O)ccc1-n1cnc(C)c1. The van der Waals surface area contributed by atoms with Crippen molar-refractivity contribution >= 4 is 12.0 Å². The molecule has 0 radical (unpaired) electrons. The van der Waals surface area contributed by atoms with Crippen LogP contribution in [0.4, 0.5) is 8.78 Å². The fourth-order valence-corrected chi connectivity index (χ4v) is 4.04. The van der Waals surface area contributed by atoms with E-state index in [1.54, 1.807) is 18.3 Å². The number of methoxy groups -OCH3 is 1. The lowest BCUT2D eigenvalue weighted by Gasteiger charge is -2.34. The first-order chi connectivity index (χ1) is 15.4. The standard InChI is InChI=1S/C25H25F2N3O2/c1-16-14-29(15-28-16)23-9-6-18(12-24(23)32-3)11-20-5-4-10-30(25(20)31)17(2)19-7-8-21(26)22(27)13-19/h6-9,11-15,17H,4-5,10H2,1-3H3. The number of aromatic nitrogens is 2. The highest BCUT2D eigenvalue weighted by molar-refractivity contribution is 5.98. The summed E-state index contributed by atoms with van der Waals surface area (Å²) in [5, 5.41) is 0. The summed E-state index contributed by atoms with van der Waals surface area (Å²) in [6.07, 6.45) is 6.98. The van der Waals surface area contributed by atoms with Crippen LogP contribution in [0.1, 0.15) is 42.6 Å². The summed E-state index contributed by atoms with van der Waals surface area (Å²) in [6.45, 7) is 4.32. The molecular weight excluding hydrogens is 412 g/mol. The predicted molar refractivity (Wildman–Crippen MR) is 119 cm³/mol. The lowest BCUT2D eigenvalue weighted by atomic mass is 9.97. The second kappa shape index (κ2) is 8.94. The van der Waals surface area contributed by atoms with E-state index in [0.717, 1.165) is 35.5 Å². The van der Waals surface area contributed by atoms with Gasteiger partial charge < -0.3 is 14.2 Å². The monoisotopic (exact) mass is 437 g/mol. The molecule has 32 heavy (non-hydrogen) atoms. The summed E-state index contributed by atoms with van der Waals surface area (Å²) in [6, 6.07) is 9.18. The van der Waals surface area contributed by atoms with E-state index in [1.165, 1.54) is 6.07 Å². The summed E-state index contributed by atoms with van der Waals surface area (Å²) in [5.74, 6) is -1.22. The highest BCUT2D eigenvalue weighted by Gasteiger charge is 2.28. The summed E-state index contributed by atoms with van der Waals surface area (Å²) in [4.78, 5) is 19.2. The van der Waals surface area contributed by atoms with E-state index in [1.807, 2.05) is 48.9 Å². The summed E-state index contributed by atoms with van der Waals surface area (Å²) >= 11 is 0. The van der Waals surface area contributed by atoms with Crippen LogP contribution in [0.3, 0.4) is 0 Å². The lowest BCUT2D eigenvalue weighted by molar-refractivity contribution is -0.130. The molecule has 1 unspecified atom stereocenters. The Balaban J connectivity index is 1.59. The smallest absolute Gasteiger partial charge is 0.250 e. The third-order valence-corrected chi connectivity index (χ3v) is 5.81. The number of imidazole rings is 1. The largest absolute Gasteiger partial charge is 0.495 e. The molecule has 2 aromatic carbocycles. The predicted octanol–water partition coefficient (Wildman–Crippen LogP) is 5.23. The molecule has 1 aliphatic rings. The molecule has 1 saturated heterocycles. The van der Waals surface area contributed by atoms with E-state index < -0.39 is 11.6 Å². The molecule has 0 bridgehead atoms.